The molecule has 8 heteroatoms. The second-order valence-corrected chi connectivity index (χ2v) is 8.35. The monoisotopic (exact) mass is 493 g/mol. The summed E-state index contributed by atoms with van der Waals surface area (Å²) in [6.45, 7) is 11.1. The second kappa shape index (κ2) is 14.7. The van der Waals surface area contributed by atoms with E-state index in [2.05, 4.69) is 29.1 Å². The Morgan fingerprint density at radius 1 is 1.08 bits per heavy atom. The van der Waals surface area contributed by atoms with Gasteiger partial charge in [-0.1, -0.05) is 72.1 Å². The van der Waals surface area contributed by atoms with Gasteiger partial charge in [0.1, 0.15) is 5.75 Å². The molecule has 194 valence electrons. The number of ether oxygens (including phenoxy) is 1. The minimum atomic E-state index is -0.475. The van der Waals surface area contributed by atoms with Crippen LogP contribution in [0.4, 0.5) is 0 Å². The molecule has 0 aliphatic heterocycles. The first-order valence-corrected chi connectivity index (χ1v) is 12.8. The number of pyridine rings is 1. The number of aromatic nitrogens is 4. The van der Waals surface area contributed by atoms with Gasteiger partial charge in [0.15, 0.2) is 0 Å². The lowest BCUT2D eigenvalue weighted by atomic mass is 9.96. The minimum absolute atomic E-state index is 0.102. The fraction of sp³-hybridized carbons (Fsp3) is 0.429. The number of carbonyl (C=O) groups excluding carboxylic acids is 1. The summed E-state index contributed by atoms with van der Waals surface area (Å²) in [6, 6.07) is 11.3. The molecular weight excluding hydrogens is 454 g/mol. The topological polar surface area (TPSA) is 115 Å². The van der Waals surface area contributed by atoms with E-state index < -0.39 is 5.91 Å². The Labute approximate surface area is 212 Å². The molecule has 4 aromatic rings. The number of carbonyl (C=O) groups is 1. The van der Waals surface area contributed by atoms with Gasteiger partial charge in [0.05, 0.1) is 41.2 Å². The third-order valence-corrected chi connectivity index (χ3v) is 5.66. The van der Waals surface area contributed by atoms with Gasteiger partial charge >= 0.3 is 0 Å². The second-order valence-electron chi connectivity index (χ2n) is 8.35. The Kier molecular flexibility index (Phi) is 11.6. The van der Waals surface area contributed by atoms with Crippen molar-refractivity contribution in [1.82, 2.24) is 19.8 Å². The average molecular weight is 494 g/mol. The number of nitrogens with two attached hydrogens (primary N) is 1. The van der Waals surface area contributed by atoms with Crippen molar-refractivity contribution in [3.05, 3.63) is 70.4 Å². The van der Waals surface area contributed by atoms with Crippen molar-refractivity contribution in [1.29, 1.82) is 0 Å². The predicted molar refractivity (Wildman–Crippen MR) is 146 cm³/mol. The van der Waals surface area contributed by atoms with E-state index in [1.54, 1.807) is 22.8 Å². The van der Waals surface area contributed by atoms with Gasteiger partial charge in [-0.25, -0.2) is 9.61 Å². The number of H-pyrrole nitrogens is 1. The summed E-state index contributed by atoms with van der Waals surface area (Å²) < 4.78 is 7.04. The van der Waals surface area contributed by atoms with Crippen molar-refractivity contribution in [2.24, 2.45) is 5.73 Å². The number of aromatic amines is 1. The van der Waals surface area contributed by atoms with E-state index >= 15 is 0 Å². The molecule has 1 amide bonds. The molecule has 3 aromatic heterocycles. The molecule has 0 bridgehead atoms. The smallest absolute Gasteiger partial charge is 0.272 e. The third kappa shape index (κ3) is 7.41. The van der Waals surface area contributed by atoms with E-state index in [1.165, 1.54) is 25.5 Å². The predicted octanol–water partition coefficient (Wildman–Crippen LogP) is 5.86. The van der Waals surface area contributed by atoms with Gasteiger partial charge in [-0.05, 0) is 31.0 Å². The fourth-order valence-electron chi connectivity index (χ4n) is 3.81. The number of primary amides is 1. The van der Waals surface area contributed by atoms with E-state index in [0.717, 1.165) is 35.1 Å². The number of unbranched alkanes of at least 4 members (excludes halogenated alkanes) is 2. The van der Waals surface area contributed by atoms with Gasteiger partial charge < -0.3 is 10.5 Å². The van der Waals surface area contributed by atoms with E-state index in [4.69, 9.17) is 10.5 Å². The van der Waals surface area contributed by atoms with Gasteiger partial charge in [0, 0.05) is 11.3 Å². The van der Waals surface area contributed by atoms with Crippen molar-refractivity contribution in [3.8, 4) is 5.75 Å². The van der Waals surface area contributed by atoms with Gasteiger partial charge in [-0.3, -0.25) is 9.59 Å². The first-order chi connectivity index (χ1) is 17.5. The van der Waals surface area contributed by atoms with Crippen LogP contribution in [0, 0.1) is 0 Å². The van der Waals surface area contributed by atoms with Crippen LogP contribution in [0.3, 0.4) is 0 Å². The van der Waals surface area contributed by atoms with Crippen molar-refractivity contribution in [2.75, 3.05) is 6.61 Å². The standard InChI is InChI=1S/C15H20N2O.C11H13N3O2.C2H6/c1-3-4-5-8-11(2)14-12-9-6-7-10-13(12)15(18)17-16-14;1-2-5-16-8-3-4-10-9(11(12)15)6-13-14(10)7-8;1-2/h6-7,9-11H,3-5,8H2,1-2H3,(H,17,18);3-4,6-7H,2,5H2,1H3,(H2,12,15);1-2H3/t11-;;/m0../s1. The Hall–Kier alpha value is -3.68. The molecule has 0 aliphatic rings. The van der Waals surface area contributed by atoms with Crippen LogP contribution in [0.15, 0.2) is 53.6 Å². The summed E-state index contributed by atoms with van der Waals surface area (Å²) in [5.41, 5.74) is 7.24. The zero-order valence-corrected chi connectivity index (χ0v) is 22.1. The maximum atomic E-state index is 11.7. The van der Waals surface area contributed by atoms with E-state index in [1.807, 2.05) is 45.0 Å². The number of nitrogens with zero attached hydrogens (tertiary/aromatic N) is 3. The fourth-order valence-corrected chi connectivity index (χ4v) is 3.81. The Morgan fingerprint density at radius 2 is 1.81 bits per heavy atom. The molecule has 0 radical (unpaired) electrons. The van der Waals surface area contributed by atoms with Crippen LogP contribution in [-0.4, -0.2) is 32.3 Å². The molecule has 8 nitrogen and oxygen atoms in total. The van der Waals surface area contributed by atoms with Crippen LogP contribution in [0.5, 0.6) is 5.75 Å². The van der Waals surface area contributed by atoms with Crippen molar-refractivity contribution >= 4 is 22.2 Å². The van der Waals surface area contributed by atoms with Crippen LogP contribution in [0.1, 0.15) is 88.7 Å². The summed E-state index contributed by atoms with van der Waals surface area (Å²) in [6.07, 6.45) is 8.96. The lowest BCUT2D eigenvalue weighted by Gasteiger charge is -2.12. The highest BCUT2D eigenvalue weighted by atomic mass is 16.5. The quantitative estimate of drug-likeness (QED) is 0.284. The largest absolute Gasteiger partial charge is 0.492 e. The lowest BCUT2D eigenvalue weighted by molar-refractivity contribution is 0.100. The van der Waals surface area contributed by atoms with Crippen molar-refractivity contribution in [2.45, 2.75) is 72.6 Å². The van der Waals surface area contributed by atoms with Gasteiger partial charge in [-0.2, -0.15) is 10.2 Å². The molecule has 1 atom stereocenters. The summed E-state index contributed by atoms with van der Waals surface area (Å²) >= 11 is 0. The molecule has 1 aromatic carbocycles. The zero-order chi connectivity index (χ0) is 26.5. The number of rotatable bonds is 9. The summed E-state index contributed by atoms with van der Waals surface area (Å²) in [5, 5.41) is 12.6. The minimum Gasteiger partial charge on any atom is -0.492 e. The maximum absolute atomic E-state index is 11.7. The molecule has 0 fully saturated rings. The van der Waals surface area contributed by atoms with E-state index in [0.29, 0.717) is 23.6 Å². The van der Waals surface area contributed by atoms with Crippen LogP contribution < -0.4 is 16.0 Å². The SMILES string of the molecule is CC.CCCCC[C@H](C)c1n[nH]c(=O)c2ccccc12.CCCOc1ccc2c(C(N)=O)cnn2c1. The highest BCUT2D eigenvalue weighted by molar-refractivity contribution is 5.99. The zero-order valence-electron chi connectivity index (χ0n) is 22.1. The van der Waals surface area contributed by atoms with Crippen LogP contribution in [0.2, 0.25) is 0 Å². The molecule has 0 unspecified atom stereocenters. The van der Waals surface area contributed by atoms with E-state index in [9.17, 15) is 9.59 Å². The molecule has 3 heterocycles. The summed E-state index contributed by atoms with van der Waals surface area (Å²) in [4.78, 5) is 22.8. The number of hydrogen-bond acceptors (Lipinski definition) is 5. The number of nitrogens with one attached hydrogen (secondary N) is 1. The molecule has 0 aliphatic carbocycles. The summed E-state index contributed by atoms with van der Waals surface area (Å²) in [7, 11) is 0. The number of amides is 1. The Morgan fingerprint density at radius 3 is 2.47 bits per heavy atom. The molecule has 4 rings (SSSR count). The van der Waals surface area contributed by atoms with Gasteiger partial charge in [-0.15, -0.1) is 0 Å². The van der Waals surface area contributed by atoms with Crippen molar-refractivity contribution < 1.29 is 9.53 Å². The molecule has 0 saturated carbocycles. The summed E-state index contributed by atoms with van der Waals surface area (Å²) in [5.74, 6) is 0.643. The highest BCUT2D eigenvalue weighted by Gasteiger charge is 2.12. The molecule has 0 saturated heterocycles. The number of fused-ring (bicyclic) bond motifs is 2. The normalized spacial score (nSPS) is 11.2. The van der Waals surface area contributed by atoms with Crippen molar-refractivity contribution in [3.63, 3.8) is 0 Å². The molecular formula is C28H39N5O3. The lowest BCUT2D eigenvalue weighted by Crippen LogP contribution is -2.12. The molecule has 0 spiro atoms. The Bertz CT molecular complexity index is 1300. The Balaban J connectivity index is 0.000000239. The first kappa shape index (κ1) is 28.6. The van der Waals surface area contributed by atoms with Gasteiger partial charge in [0.25, 0.3) is 11.5 Å². The number of benzene rings is 1. The van der Waals surface area contributed by atoms with E-state index in [-0.39, 0.29) is 5.56 Å². The number of hydrogen-bond donors (Lipinski definition) is 2. The highest BCUT2D eigenvalue weighted by Crippen LogP contribution is 2.25. The molecule has 3 N–H and O–H groups in total. The third-order valence-electron chi connectivity index (χ3n) is 5.66. The van der Waals surface area contributed by atoms with Crippen LogP contribution in [0.25, 0.3) is 16.3 Å². The van der Waals surface area contributed by atoms with Crippen LogP contribution in [-0.2, 0) is 0 Å². The average Bonchev–Trinajstić information content (AvgIpc) is 3.33. The van der Waals surface area contributed by atoms with Crippen LogP contribution >= 0.6 is 0 Å². The molecule has 36 heavy (non-hydrogen) atoms. The maximum Gasteiger partial charge on any atom is 0.272 e. The van der Waals surface area contributed by atoms with Gasteiger partial charge in [0.2, 0.25) is 0 Å². The first-order valence-electron chi connectivity index (χ1n) is 12.8.